The molecule has 1 aromatic carbocycles. The minimum Gasteiger partial charge on any atom is -0.652 e. The maximum Gasteiger partial charge on any atom is 1.00 e. The molecule has 8 nitrogen and oxygen atoms in total. The zero-order valence-electron chi connectivity index (χ0n) is 20.3. The van der Waals surface area contributed by atoms with Gasteiger partial charge in [0.2, 0.25) is 0 Å². The van der Waals surface area contributed by atoms with E-state index in [1.54, 1.807) is 4.90 Å². The molecule has 1 atom stereocenters. The number of ether oxygens (including phenoxy) is 1. The number of amides is 1. The molecule has 1 aliphatic rings. The number of rotatable bonds is 2. The Morgan fingerprint density at radius 3 is 2.31 bits per heavy atom. The molecule has 0 fully saturated rings. The molecule has 1 aromatic heterocycles. The number of carbonyl (C=O) groups excluding carboxylic acids is 2. The first-order chi connectivity index (χ1) is 13.9. The fourth-order valence-corrected chi connectivity index (χ4v) is 3.14. The Morgan fingerprint density at radius 2 is 1.78 bits per heavy atom. The van der Waals surface area contributed by atoms with Gasteiger partial charge in [0, 0.05) is 24.2 Å². The summed E-state index contributed by atoms with van der Waals surface area (Å²) in [6.07, 6.45) is 2.55. The quantitative estimate of drug-likeness (QED) is 0.436. The van der Waals surface area contributed by atoms with Crippen LogP contribution in [0, 0.1) is 5.92 Å². The molecule has 164 valence electrons. The third-order valence-electron chi connectivity index (χ3n) is 4.46. The van der Waals surface area contributed by atoms with Gasteiger partial charge in [-0.1, -0.05) is 19.1 Å². The number of nitrogens with zero attached hydrogens (tertiary/aromatic N) is 3. The van der Waals surface area contributed by atoms with Gasteiger partial charge in [-0.05, 0) is 70.8 Å². The third kappa shape index (κ3) is 9.08. The van der Waals surface area contributed by atoms with Gasteiger partial charge in [-0.2, -0.15) is 5.10 Å². The van der Waals surface area contributed by atoms with Gasteiger partial charge < -0.3 is 19.7 Å². The van der Waals surface area contributed by atoms with Gasteiger partial charge in [-0.15, -0.1) is 0 Å². The number of carboxylic acid groups (broad SMARTS) is 2. The van der Waals surface area contributed by atoms with Crippen LogP contribution in [-0.4, -0.2) is 39.1 Å². The van der Waals surface area contributed by atoms with Crippen LogP contribution in [0.3, 0.4) is 0 Å². The summed E-state index contributed by atoms with van der Waals surface area (Å²) in [5.74, 6) is 0.415. The van der Waals surface area contributed by atoms with E-state index in [0.717, 1.165) is 28.6 Å². The van der Waals surface area contributed by atoms with Crippen LogP contribution in [0.25, 0.3) is 16.6 Å². The van der Waals surface area contributed by atoms with Crippen molar-refractivity contribution in [3.63, 3.8) is 0 Å². The molecular weight excluding hydrogens is 432 g/mol. The largest absolute Gasteiger partial charge is 1.00 e. The second-order valence-corrected chi connectivity index (χ2v) is 8.75. The van der Waals surface area contributed by atoms with Crippen molar-refractivity contribution in [1.82, 2.24) is 14.7 Å². The van der Waals surface area contributed by atoms with Crippen LogP contribution in [0.2, 0.25) is 0 Å². The van der Waals surface area contributed by atoms with Gasteiger partial charge in [0.25, 0.3) is 0 Å². The number of carbonyl (C=O) groups is 2. The molecule has 0 spiro atoms. The van der Waals surface area contributed by atoms with E-state index in [-0.39, 0.29) is 65.2 Å². The van der Waals surface area contributed by atoms with Gasteiger partial charge in [-0.25, -0.2) is 4.79 Å². The van der Waals surface area contributed by atoms with Crippen LogP contribution in [0.1, 0.15) is 59.6 Å². The first-order valence-electron chi connectivity index (χ1n) is 9.95. The summed E-state index contributed by atoms with van der Waals surface area (Å²) < 4.78 is 7.60. The summed E-state index contributed by atoms with van der Waals surface area (Å²) in [5.41, 5.74) is 2.41. The Morgan fingerprint density at radius 1 is 1.19 bits per heavy atom. The molecule has 32 heavy (non-hydrogen) atoms. The van der Waals surface area contributed by atoms with Crippen LogP contribution in [0.15, 0.2) is 30.5 Å². The van der Waals surface area contributed by atoms with Crippen molar-refractivity contribution in [3.05, 3.63) is 36.0 Å². The maximum atomic E-state index is 12.7. The van der Waals surface area contributed by atoms with Crippen LogP contribution in [0.4, 0.5) is 9.59 Å². The molecule has 0 bridgehead atoms. The number of fused-ring (bicyclic) bond motifs is 1. The summed E-state index contributed by atoms with van der Waals surface area (Å²) in [5, 5.41) is 22.4. The van der Waals surface area contributed by atoms with E-state index >= 15 is 0 Å². The van der Waals surface area contributed by atoms with Crippen molar-refractivity contribution >= 4 is 28.8 Å². The Labute approximate surface area is 233 Å². The average molecular weight is 461 g/mol. The van der Waals surface area contributed by atoms with Gasteiger partial charge in [0.05, 0.1) is 11.2 Å². The summed E-state index contributed by atoms with van der Waals surface area (Å²) in [4.78, 5) is 22.9. The molecule has 0 aliphatic carbocycles. The molecule has 0 saturated carbocycles. The predicted molar refractivity (Wildman–Crippen MR) is 110 cm³/mol. The Bertz CT molecular complexity index is 947. The maximum absolute atomic E-state index is 12.7. The van der Waals surface area contributed by atoms with Crippen molar-refractivity contribution in [2.24, 2.45) is 5.92 Å². The molecule has 1 aliphatic heterocycles. The van der Waals surface area contributed by atoms with E-state index in [0.29, 0.717) is 18.5 Å². The molecule has 1 amide bonds. The van der Waals surface area contributed by atoms with E-state index in [9.17, 15) is 4.79 Å². The normalized spacial score (nSPS) is 15.7. The first-order valence-corrected chi connectivity index (χ1v) is 9.95. The standard InChI is InChI=1S/C21H29N3O2.CH2O3.2Na/c1-14(2)24-13-17-11-16(8-9-18(17)22-24)19-10-7-15(3)12-23(19)20(25)26-21(4,5)6;2-1(3)4;;/h8-11,13-15H,7,12H2,1-6H3;(H2,2,3,4);;/q;;2*+1/p-2/t15-;;;/m0.../s1. The second kappa shape index (κ2) is 13.0. The van der Waals surface area contributed by atoms with Crippen LogP contribution in [-0.2, 0) is 4.74 Å². The van der Waals surface area contributed by atoms with Gasteiger partial charge in [0.1, 0.15) is 5.60 Å². The predicted octanol–water partition coefficient (Wildman–Crippen LogP) is -3.20. The molecule has 0 saturated heterocycles. The molecule has 3 rings (SSSR count). The topological polar surface area (TPSA) is 111 Å². The van der Waals surface area contributed by atoms with E-state index in [2.05, 4.69) is 44.2 Å². The number of hydrogen-bond acceptors (Lipinski definition) is 6. The molecule has 10 heteroatoms. The van der Waals surface area contributed by atoms with E-state index < -0.39 is 11.8 Å². The average Bonchev–Trinajstić information content (AvgIpc) is 3.03. The van der Waals surface area contributed by atoms with E-state index in [1.807, 2.05) is 37.6 Å². The van der Waals surface area contributed by atoms with Crippen LogP contribution in [0.5, 0.6) is 0 Å². The summed E-state index contributed by atoms with van der Waals surface area (Å²) in [6.45, 7) is 12.7. The molecule has 2 aromatic rings. The third-order valence-corrected chi connectivity index (χ3v) is 4.46. The first kappa shape index (κ1) is 31.0. The zero-order valence-corrected chi connectivity index (χ0v) is 24.3. The van der Waals surface area contributed by atoms with Gasteiger partial charge in [-0.3, -0.25) is 9.58 Å². The Hall–Kier alpha value is -1.03. The van der Waals surface area contributed by atoms with Crippen LogP contribution < -0.4 is 69.3 Å². The minimum atomic E-state index is -2.33. The summed E-state index contributed by atoms with van der Waals surface area (Å²) in [7, 11) is 0. The van der Waals surface area contributed by atoms with Crippen molar-refractivity contribution in [3.8, 4) is 0 Å². The Balaban J connectivity index is 0.00000148. The second-order valence-electron chi connectivity index (χ2n) is 8.75. The van der Waals surface area contributed by atoms with Gasteiger partial charge in [0.15, 0.2) is 0 Å². The number of benzene rings is 1. The summed E-state index contributed by atoms with van der Waals surface area (Å²) >= 11 is 0. The minimum absolute atomic E-state index is 0. The fourth-order valence-electron chi connectivity index (χ4n) is 3.14. The smallest absolute Gasteiger partial charge is 0.652 e. The van der Waals surface area contributed by atoms with Crippen molar-refractivity contribution in [2.45, 2.75) is 59.6 Å². The SMILES string of the molecule is CC(C)n1cc2cc(C3=CC[C@H](C)CN3C(=O)OC(C)(C)C)ccc2n1.O=C([O-])[O-].[Na+].[Na+]. The van der Waals surface area contributed by atoms with Crippen LogP contribution >= 0.6 is 0 Å². The molecule has 0 unspecified atom stereocenters. The van der Waals surface area contributed by atoms with E-state index in [1.165, 1.54) is 0 Å². The Kier molecular flexibility index (Phi) is 12.6. The van der Waals surface area contributed by atoms with Crippen molar-refractivity contribution < 1.29 is 83.7 Å². The van der Waals surface area contributed by atoms with Crippen molar-refractivity contribution in [1.29, 1.82) is 0 Å². The number of hydrogen-bond donors (Lipinski definition) is 0. The number of aromatic nitrogens is 2. The zero-order chi connectivity index (χ0) is 22.6. The molecule has 0 radical (unpaired) electrons. The fraction of sp³-hybridized carbons (Fsp3) is 0.500. The molecular formula is C22H29N3Na2O5. The molecule has 0 N–H and O–H groups in total. The monoisotopic (exact) mass is 461 g/mol. The van der Waals surface area contributed by atoms with Gasteiger partial charge >= 0.3 is 65.2 Å². The number of allylic oxidation sites excluding steroid dienone is 1. The van der Waals surface area contributed by atoms with E-state index in [4.69, 9.17) is 19.7 Å². The van der Waals surface area contributed by atoms with Crippen molar-refractivity contribution in [2.75, 3.05) is 6.54 Å². The molecule has 2 heterocycles. The summed E-state index contributed by atoms with van der Waals surface area (Å²) in [6, 6.07) is 6.49.